The Bertz CT molecular complexity index is 206. The van der Waals surface area contributed by atoms with Crippen LogP contribution in [0.2, 0.25) is 0 Å². The smallest absolute Gasteiger partial charge is 0.410 e. The number of hydrogen-bond acceptors (Lipinski definition) is 3. The summed E-state index contributed by atoms with van der Waals surface area (Å²) in [7, 11) is 0. The van der Waals surface area contributed by atoms with Crippen LogP contribution in [0.5, 0.6) is 0 Å². The van der Waals surface area contributed by atoms with E-state index >= 15 is 0 Å². The van der Waals surface area contributed by atoms with E-state index in [1.807, 2.05) is 27.7 Å². The number of amides is 1. The van der Waals surface area contributed by atoms with Crippen LogP contribution in [0.4, 0.5) is 4.79 Å². The zero-order valence-electron chi connectivity index (χ0n) is 9.46. The lowest BCUT2D eigenvalue weighted by Crippen LogP contribution is -2.38. The van der Waals surface area contributed by atoms with Gasteiger partial charge in [-0.25, -0.2) is 4.79 Å². The van der Waals surface area contributed by atoms with Crippen LogP contribution in [-0.4, -0.2) is 17.9 Å². The molecule has 0 radical (unpaired) electrons. The van der Waals surface area contributed by atoms with Crippen LogP contribution in [0.15, 0.2) is 12.3 Å². The van der Waals surface area contributed by atoms with Crippen molar-refractivity contribution in [3.63, 3.8) is 0 Å². The van der Waals surface area contributed by atoms with Crippen molar-refractivity contribution in [2.45, 2.75) is 46.4 Å². The molecule has 82 valence electrons. The molecule has 1 N–H and O–H groups in total. The summed E-state index contributed by atoms with van der Waals surface area (Å²) in [5.74, 6) is 0. The molecule has 1 unspecified atom stereocenters. The lowest BCUT2D eigenvalue weighted by molar-refractivity contribution is 0.0357. The molecule has 1 amide bonds. The highest BCUT2D eigenvalue weighted by Gasteiger charge is 2.17. The molecular formula is C10H19NO3. The van der Waals surface area contributed by atoms with E-state index in [0.717, 1.165) is 0 Å². The number of carbonyl (C=O) groups excluding carboxylic acids is 1. The van der Waals surface area contributed by atoms with Gasteiger partial charge in [0.25, 0.3) is 0 Å². The van der Waals surface area contributed by atoms with Crippen molar-refractivity contribution in [2.24, 2.45) is 0 Å². The molecule has 0 heterocycles. The molecule has 0 aromatic heterocycles. The van der Waals surface area contributed by atoms with Gasteiger partial charge in [-0.2, -0.15) is 0 Å². The Hall–Kier alpha value is -1.19. The summed E-state index contributed by atoms with van der Waals surface area (Å²) in [5, 5.41) is 2.54. The van der Waals surface area contributed by atoms with Crippen LogP contribution >= 0.6 is 0 Å². The molecule has 0 aliphatic rings. The van der Waals surface area contributed by atoms with E-state index in [0.29, 0.717) is 0 Å². The summed E-state index contributed by atoms with van der Waals surface area (Å²) in [6.45, 7) is 8.99. The first-order valence-corrected chi connectivity index (χ1v) is 4.61. The van der Waals surface area contributed by atoms with Crippen molar-refractivity contribution in [3.8, 4) is 0 Å². The Kier molecular flexibility index (Phi) is 5.05. The van der Waals surface area contributed by atoms with Crippen LogP contribution in [0.1, 0.15) is 34.6 Å². The maximum Gasteiger partial charge on any atom is 0.410 e. The maximum atomic E-state index is 11.2. The average Bonchev–Trinajstić information content (AvgIpc) is 1.96. The third-order valence-corrected chi connectivity index (χ3v) is 1.14. The van der Waals surface area contributed by atoms with Crippen molar-refractivity contribution >= 4 is 6.09 Å². The summed E-state index contributed by atoms with van der Waals surface area (Å²) in [4.78, 5) is 11.2. The molecular weight excluding hydrogens is 182 g/mol. The molecule has 1 atom stereocenters. The van der Waals surface area contributed by atoms with Gasteiger partial charge in [0.1, 0.15) is 5.60 Å². The zero-order valence-corrected chi connectivity index (χ0v) is 9.46. The molecule has 0 aromatic carbocycles. The van der Waals surface area contributed by atoms with Crippen LogP contribution < -0.4 is 5.32 Å². The molecule has 0 fully saturated rings. The Labute approximate surface area is 85.3 Å². The second kappa shape index (κ2) is 5.52. The Morgan fingerprint density at radius 3 is 2.43 bits per heavy atom. The number of nitrogens with one attached hydrogen (secondary N) is 1. The van der Waals surface area contributed by atoms with E-state index in [2.05, 4.69) is 5.32 Å². The summed E-state index contributed by atoms with van der Waals surface area (Å²) in [6.07, 6.45) is 2.39. The fraction of sp³-hybridized carbons (Fsp3) is 0.700. The number of allylic oxidation sites excluding steroid dienone is 1. The standard InChI is InChI=1S/C10H19NO3/c1-6-7-13-8(2)11-9(12)14-10(3,4)5/h6-8H,1-5H3,(H,11,12)/b7-6-. The van der Waals surface area contributed by atoms with E-state index < -0.39 is 11.7 Å². The first kappa shape index (κ1) is 12.8. The summed E-state index contributed by atoms with van der Waals surface area (Å²) < 4.78 is 10.1. The van der Waals surface area contributed by atoms with E-state index in [9.17, 15) is 4.79 Å². The molecule has 0 aromatic rings. The van der Waals surface area contributed by atoms with Crippen molar-refractivity contribution in [1.82, 2.24) is 5.32 Å². The molecule has 4 nitrogen and oxygen atoms in total. The van der Waals surface area contributed by atoms with Gasteiger partial charge >= 0.3 is 6.09 Å². The fourth-order valence-electron chi connectivity index (χ4n) is 0.704. The lowest BCUT2D eigenvalue weighted by atomic mass is 10.2. The number of rotatable bonds is 3. The van der Waals surface area contributed by atoms with Gasteiger partial charge in [-0.1, -0.05) is 6.08 Å². The molecule has 0 saturated heterocycles. The van der Waals surface area contributed by atoms with Crippen molar-refractivity contribution < 1.29 is 14.3 Å². The largest absolute Gasteiger partial charge is 0.479 e. The van der Waals surface area contributed by atoms with Gasteiger partial charge in [-0.15, -0.1) is 0 Å². The van der Waals surface area contributed by atoms with Gasteiger partial charge in [-0.05, 0) is 34.6 Å². The van der Waals surface area contributed by atoms with E-state index in [4.69, 9.17) is 9.47 Å². The van der Waals surface area contributed by atoms with Crippen molar-refractivity contribution in [1.29, 1.82) is 0 Å². The first-order valence-electron chi connectivity index (χ1n) is 4.61. The summed E-state index contributed by atoms with van der Waals surface area (Å²) in [5.41, 5.74) is -0.482. The Morgan fingerprint density at radius 2 is 2.00 bits per heavy atom. The van der Waals surface area contributed by atoms with E-state index in [-0.39, 0.29) is 6.23 Å². The van der Waals surface area contributed by atoms with Gasteiger partial charge in [0.2, 0.25) is 0 Å². The highest BCUT2D eigenvalue weighted by Crippen LogP contribution is 2.06. The van der Waals surface area contributed by atoms with Gasteiger partial charge in [0.15, 0.2) is 6.23 Å². The van der Waals surface area contributed by atoms with Crippen LogP contribution in [-0.2, 0) is 9.47 Å². The second-order valence-electron chi connectivity index (χ2n) is 3.89. The second-order valence-corrected chi connectivity index (χ2v) is 3.89. The molecule has 0 spiro atoms. The quantitative estimate of drug-likeness (QED) is 0.563. The van der Waals surface area contributed by atoms with E-state index in [1.54, 1.807) is 13.0 Å². The van der Waals surface area contributed by atoms with E-state index in [1.165, 1.54) is 6.26 Å². The third-order valence-electron chi connectivity index (χ3n) is 1.14. The predicted octanol–water partition coefficient (Wildman–Crippen LogP) is 2.41. The fourth-order valence-corrected chi connectivity index (χ4v) is 0.704. The molecule has 0 aliphatic heterocycles. The SMILES string of the molecule is C/C=C\OC(C)NC(=O)OC(C)(C)C. The Morgan fingerprint density at radius 1 is 1.43 bits per heavy atom. The molecule has 0 aliphatic carbocycles. The van der Waals surface area contributed by atoms with Gasteiger partial charge in [0.05, 0.1) is 6.26 Å². The molecule has 4 heteroatoms. The minimum atomic E-state index is -0.482. The molecule has 0 rings (SSSR count). The van der Waals surface area contributed by atoms with Crippen molar-refractivity contribution in [2.75, 3.05) is 0 Å². The lowest BCUT2D eigenvalue weighted by Gasteiger charge is -2.21. The summed E-state index contributed by atoms with van der Waals surface area (Å²) >= 11 is 0. The predicted molar refractivity (Wildman–Crippen MR) is 54.7 cm³/mol. The van der Waals surface area contributed by atoms with Crippen LogP contribution in [0.3, 0.4) is 0 Å². The monoisotopic (exact) mass is 201 g/mol. The Balaban J connectivity index is 3.83. The third kappa shape index (κ3) is 7.46. The van der Waals surface area contributed by atoms with Gasteiger partial charge < -0.3 is 9.47 Å². The highest BCUT2D eigenvalue weighted by molar-refractivity contribution is 5.67. The van der Waals surface area contributed by atoms with Crippen molar-refractivity contribution in [3.05, 3.63) is 12.3 Å². The highest BCUT2D eigenvalue weighted by atomic mass is 16.6. The van der Waals surface area contributed by atoms with Crippen LogP contribution in [0.25, 0.3) is 0 Å². The first-order chi connectivity index (χ1) is 6.35. The van der Waals surface area contributed by atoms with Gasteiger partial charge in [-0.3, -0.25) is 5.32 Å². The number of hydrogen-bond donors (Lipinski definition) is 1. The number of alkyl carbamates (subject to hydrolysis) is 1. The van der Waals surface area contributed by atoms with Gasteiger partial charge in [0, 0.05) is 0 Å². The summed E-state index contributed by atoms with van der Waals surface area (Å²) in [6, 6.07) is 0. The topological polar surface area (TPSA) is 47.6 Å². The molecule has 0 bridgehead atoms. The zero-order chi connectivity index (χ0) is 11.2. The molecule has 0 saturated carbocycles. The normalized spacial score (nSPS) is 13.8. The minimum Gasteiger partial charge on any atom is -0.479 e. The maximum absolute atomic E-state index is 11.2. The van der Waals surface area contributed by atoms with Crippen LogP contribution in [0, 0.1) is 0 Å². The number of carbonyl (C=O) groups is 1. The number of ether oxygens (including phenoxy) is 2. The average molecular weight is 201 g/mol. The molecule has 14 heavy (non-hydrogen) atoms. The minimum absolute atomic E-state index is 0.388.